The molecule has 1 fully saturated rings. The Kier molecular flexibility index (Phi) is 4.02. The number of likely N-dealkylation sites (tertiary alicyclic amines) is 1. The molecule has 8 heteroatoms. The molecule has 3 heterocycles. The quantitative estimate of drug-likeness (QED) is 0.687. The molecule has 1 saturated heterocycles. The van der Waals surface area contributed by atoms with Gasteiger partial charge >= 0.3 is 0 Å². The number of nitrogen functional groups attached to an aromatic ring is 1. The number of nitrogens with zero attached hydrogens (tertiary/aromatic N) is 4. The number of hydrogen-bond acceptors (Lipinski definition) is 5. The molecule has 0 aliphatic carbocycles. The van der Waals surface area contributed by atoms with E-state index in [9.17, 15) is 9.59 Å². The van der Waals surface area contributed by atoms with Crippen LogP contribution in [-0.4, -0.2) is 43.9 Å². The maximum Gasteiger partial charge on any atom is 0.290 e. The highest BCUT2D eigenvalue weighted by molar-refractivity contribution is 5.99. The number of anilines is 1. The van der Waals surface area contributed by atoms with E-state index in [-0.39, 0.29) is 23.3 Å². The van der Waals surface area contributed by atoms with Crippen LogP contribution >= 0.6 is 0 Å². The van der Waals surface area contributed by atoms with Gasteiger partial charge in [0.25, 0.3) is 5.56 Å². The van der Waals surface area contributed by atoms with Crippen molar-refractivity contribution >= 4 is 22.6 Å². The van der Waals surface area contributed by atoms with Gasteiger partial charge in [0.05, 0.1) is 11.4 Å². The van der Waals surface area contributed by atoms with E-state index in [1.54, 1.807) is 9.58 Å². The number of rotatable bonds is 3. The highest BCUT2D eigenvalue weighted by Crippen LogP contribution is 2.33. The highest BCUT2D eigenvalue weighted by Gasteiger charge is 2.30. The van der Waals surface area contributed by atoms with Crippen LogP contribution in [0.2, 0.25) is 0 Å². The predicted octanol–water partition coefficient (Wildman–Crippen LogP) is 1.64. The van der Waals surface area contributed by atoms with E-state index in [0.29, 0.717) is 36.1 Å². The topological polar surface area (TPSA) is 110 Å². The Hall–Kier alpha value is -3.42. The lowest BCUT2D eigenvalue weighted by Gasteiger charge is -2.14. The van der Waals surface area contributed by atoms with Gasteiger partial charge in [0, 0.05) is 18.7 Å². The van der Waals surface area contributed by atoms with E-state index in [1.807, 2.05) is 31.2 Å². The molecule has 1 amide bonds. The first kappa shape index (κ1) is 17.0. The van der Waals surface area contributed by atoms with Crippen LogP contribution in [0, 0.1) is 6.92 Å². The number of nitrogens with one attached hydrogen (secondary N) is 1. The molecular formula is C19H20N6O2. The third kappa shape index (κ3) is 2.79. The molecule has 8 nitrogen and oxygen atoms in total. The summed E-state index contributed by atoms with van der Waals surface area (Å²) < 4.78 is 1.69. The Balaban J connectivity index is 1.88. The van der Waals surface area contributed by atoms with Crippen LogP contribution < -0.4 is 11.3 Å². The zero-order chi connectivity index (χ0) is 19.1. The van der Waals surface area contributed by atoms with Gasteiger partial charge in [-0.05, 0) is 19.4 Å². The fourth-order valence-corrected chi connectivity index (χ4v) is 3.56. The van der Waals surface area contributed by atoms with E-state index in [4.69, 9.17) is 10.8 Å². The largest absolute Gasteiger partial charge is 0.382 e. The molecule has 3 N–H and O–H groups in total. The van der Waals surface area contributed by atoms with Gasteiger partial charge in [-0.1, -0.05) is 36.4 Å². The second-order valence-corrected chi connectivity index (χ2v) is 6.75. The van der Waals surface area contributed by atoms with Crippen molar-refractivity contribution in [1.29, 1.82) is 0 Å². The van der Waals surface area contributed by atoms with Gasteiger partial charge in [-0.3, -0.25) is 14.3 Å². The third-order valence-corrected chi connectivity index (χ3v) is 4.98. The maximum absolute atomic E-state index is 12.5. The van der Waals surface area contributed by atoms with Crippen LogP contribution in [0.1, 0.15) is 18.0 Å². The lowest BCUT2D eigenvalue weighted by Crippen LogP contribution is -2.27. The molecule has 0 spiro atoms. The van der Waals surface area contributed by atoms with Crippen molar-refractivity contribution in [2.75, 3.05) is 18.8 Å². The number of aromatic nitrogens is 4. The number of aromatic amines is 1. The average molecular weight is 364 g/mol. The summed E-state index contributed by atoms with van der Waals surface area (Å²) >= 11 is 0. The number of H-pyrrole nitrogens is 1. The Morgan fingerprint density at radius 3 is 2.81 bits per heavy atom. The normalized spacial score (nSPS) is 16.8. The first-order valence-corrected chi connectivity index (χ1v) is 8.74. The molecule has 0 unspecified atom stereocenters. The predicted molar refractivity (Wildman–Crippen MR) is 103 cm³/mol. The number of nitrogens with two attached hydrogens (primary N) is 1. The first-order chi connectivity index (χ1) is 13.0. The molecule has 138 valence electrons. The summed E-state index contributed by atoms with van der Waals surface area (Å²) in [5.41, 5.74) is 8.73. The minimum atomic E-state index is -0.349. The van der Waals surface area contributed by atoms with Crippen LogP contribution in [0.4, 0.5) is 5.82 Å². The van der Waals surface area contributed by atoms with Crippen LogP contribution in [0.25, 0.3) is 22.2 Å². The molecule has 1 aliphatic heterocycles. The molecule has 4 rings (SSSR count). The van der Waals surface area contributed by atoms with Gasteiger partial charge in [-0.2, -0.15) is 10.2 Å². The number of fused-ring (bicyclic) bond motifs is 1. The fraction of sp³-hybridized carbons (Fsp3) is 0.263. The summed E-state index contributed by atoms with van der Waals surface area (Å²) in [6.07, 6.45) is 2.00. The van der Waals surface area contributed by atoms with Crippen molar-refractivity contribution in [1.82, 2.24) is 24.9 Å². The second kappa shape index (κ2) is 6.39. The van der Waals surface area contributed by atoms with Gasteiger partial charge < -0.3 is 10.6 Å². The molecule has 2 aromatic heterocycles. The Morgan fingerprint density at radius 1 is 1.37 bits per heavy atom. The Morgan fingerprint density at radius 2 is 2.11 bits per heavy atom. The van der Waals surface area contributed by atoms with E-state index in [0.717, 1.165) is 11.1 Å². The van der Waals surface area contributed by atoms with Gasteiger partial charge in [0.2, 0.25) is 5.91 Å². The van der Waals surface area contributed by atoms with Gasteiger partial charge in [0.1, 0.15) is 11.2 Å². The minimum absolute atomic E-state index is 0.113. The van der Waals surface area contributed by atoms with Crippen molar-refractivity contribution in [2.24, 2.45) is 0 Å². The van der Waals surface area contributed by atoms with Crippen molar-refractivity contribution in [2.45, 2.75) is 19.4 Å². The maximum atomic E-state index is 12.5. The second-order valence-electron chi connectivity index (χ2n) is 6.75. The van der Waals surface area contributed by atoms with E-state index in [1.165, 1.54) is 6.08 Å². The molecule has 27 heavy (non-hydrogen) atoms. The zero-order valence-corrected chi connectivity index (χ0v) is 15.0. The smallest absolute Gasteiger partial charge is 0.290 e. The summed E-state index contributed by atoms with van der Waals surface area (Å²) in [6, 6.07) is 7.75. The van der Waals surface area contributed by atoms with Gasteiger partial charge in [-0.25, -0.2) is 5.10 Å². The SMILES string of the molecule is C=CC(=O)N1CC[C@@H](n2nc(-c3ccc(C)cc3)c3c(N)n[nH]c(=O)c32)C1. The number of aryl methyl sites for hydroxylation is 1. The van der Waals surface area contributed by atoms with Gasteiger partial charge in [-0.15, -0.1) is 0 Å². The highest BCUT2D eigenvalue weighted by atomic mass is 16.2. The standard InChI is InChI=1S/C19H20N6O2/c1-3-14(26)24-9-8-13(10-24)25-17-15(18(20)21-22-19(17)27)16(23-25)12-6-4-11(2)5-7-12/h3-7,13H,1,8-10H2,2H3,(H2,20,21)(H,22,27)/t13-/m1/s1. The van der Waals surface area contributed by atoms with Crippen molar-refractivity contribution in [3.05, 3.63) is 52.8 Å². The van der Waals surface area contributed by atoms with Crippen molar-refractivity contribution in [3.8, 4) is 11.3 Å². The van der Waals surface area contributed by atoms with Crippen molar-refractivity contribution in [3.63, 3.8) is 0 Å². The lowest BCUT2D eigenvalue weighted by molar-refractivity contribution is -0.125. The zero-order valence-electron chi connectivity index (χ0n) is 15.0. The van der Waals surface area contributed by atoms with Crippen molar-refractivity contribution < 1.29 is 4.79 Å². The molecular weight excluding hydrogens is 344 g/mol. The number of carbonyl (C=O) groups is 1. The Labute approximate surface area is 155 Å². The molecule has 0 bridgehead atoms. The number of amides is 1. The monoisotopic (exact) mass is 364 g/mol. The number of benzene rings is 1. The van der Waals surface area contributed by atoms with Crippen LogP contribution in [-0.2, 0) is 4.79 Å². The number of hydrogen-bond donors (Lipinski definition) is 2. The third-order valence-electron chi connectivity index (χ3n) is 4.98. The first-order valence-electron chi connectivity index (χ1n) is 8.74. The van der Waals surface area contributed by atoms with E-state index < -0.39 is 0 Å². The van der Waals surface area contributed by atoms with Crippen LogP contribution in [0.5, 0.6) is 0 Å². The molecule has 1 atom stereocenters. The van der Waals surface area contributed by atoms with Crippen LogP contribution in [0.3, 0.4) is 0 Å². The summed E-state index contributed by atoms with van der Waals surface area (Å²) in [7, 11) is 0. The molecule has 1 aliphatic rings. The van der Waals surface area contributed by atoms with Gasteiger partial charge in [0.15, 0.2) is 5.82 Å². The minimum Gasteiger partial charge on any atom is -0.382 e. The average Bonchev–Trinajstić information content (AvgIpc) is 3.30. The fourth-order valence-electron chi connectivity index (χ4n) is 3.56. The lowest BCUT2D eigenvalue weighted by atomic mass is 10.1. The summed E-state index contributed by atoms with van der Waals surface area (Å²) in [4.78, 5) is 26.2. The molecule has 0 radical (unpaired) electrons. The summed E-state index contributed by atoms with van der Waals surface area (Å²) in [5, 5.41) is 11.6. The number of carbonyl (C=O) groups excluding carboxylic acids is 1. The summed E-state index contributed by atoms with van der Waals surface area (Å²) in [5.74, 6) is 0.103. The van der Waals surface area contributed by atoms with E-state index >= 15 is 0 Å². The molecule has 0 saturated carbocycles. The summed E-state index contributed by atoms with van der Waals surface area (Å²) in [6.45, 7) is 6.60. The molecule has 1 aromatic carbocycles. The van der Waals surface area contributed by atoms with E-state index in [2.05, 4.69) is 16.8 Å². The molecule has 3 aromatic rings. The Bertz CT molecular complexity index is 1100. The van der Waals surface area contributed by atoms with Crippen LogP contribution in [0.15, 0.2) is 41.7 Å².